The number of halogens is 3. The van der Waals surface area contributed by atoms with Gasteiger partial charge in [0, 0.05) is 12.6 Å². The van der Waals surface area contributed by atoms with Gasteiger partial charge in [-0.3, -0.25) is 0 Å². The Balaban J connectivity index is 2.95. The lowest BCUT2D eigenvalue weighted by atomic mass is 10.00. The van der Waals surface area contributed by atoms with E-state index in [1.807, 2.05) is 18.7 Å². The molecule has 102 valence electrons. The Morgan fingerprint density at radius 3 is 2.22 bits per heavy atom. The topological polar surface area (TPSA) is 29.3 Å². The van der Waals surface area contributed by atoms with Crippen molar-refractivity contribution in [3.05, 3.63) is 35.4 Å². The van der Waals surface area contributed by atoms with Gasteiger partial charge in [0.25, 0.3) is 0 Å². The van der Waals surface area contributed by atoms with E-state index in [0.717, 1.165) is 19.2 Å². The molecule has 1 aromatic rings. The fourth-order valence-corrected chi connectivity index (χ4v) is 1.94. The molecule has 2 N–H and O–H groups in total. The molecule has 0 fully saturated rings. The van der Waals surface area contributed by atoms with Crippen LogP contribution in [0.15, 0.2) is 24.3 Å². The van der Waals surface area contributed by atoms with Crippen molar-refractivity contribution in [2.75, 3.05) is 19.6 Å². The van der Waals surface area contributed by atoms with Gasteiger partial charge in [0.1, 0.15) is 0 Å². The quantitative estimate of drug-likeness (QED) is 0.881. The van der Waals surface area contributed by atoms with Gasteiger partial charge in [-0.2, -0.15) is 13.2 Å². The van der Waals surface area contributed by atoms with Crippen molar-refractivity contribution >= 4 is 0 Å². The smallest absolute Gasteiger partial charge is 0.323 e. The molecule has 0 saturated heterocycles. The second kappa shape index (κ2) is 6.20. The van der Waals surface area contributed by atoms with Gasteiger partial charge in [-0.05, 0) is 24.7 Å². The number of nitrogens with zero attached hydrogens (tertiary/aromatic N) is 1. The second-order valence-electron chi connectivity index (χ2n) is 4.18. The monoisotopic (exact) mass is 260 g/mol. The molecule has 5 heteroatoms. The minimum atomic E-state index is -4.35. The molecule has 1 atom stereocenters. The summed E-state index contributed by atoms with van der Waals surface area (Å²) in [6, 6.07) is 4.89. The molecule has 0 bridgehead atoms. The highest BCUT2D eigenvalue weighted by molar-refractivity contribution is 5.32. The number of likely N-dealkylation sites (N-methyl/N-ethyl adjacent to an activating group) is 1. The summed E-state index contributed by atoms with van der Waals surface area (Å²) >= 11 is 0. The van der Waals surface area contributed by atoms with Crippen molar-refractivity contribution < 1.29 is 13.2 Å². The predicted molar refractivity (Wildman–Crippen MR) is 66.2 cm³/mol. The highest BCUT2D eigenvalue weighted by Crippen LogP contribution is 2.34. The van der Waals surface area contributed by atoms with Gasteiger partial charge in [-0.1, -0.05) is 32.0 Å². The van der Waals surface area contributed by atoms with Crippen LogP contribution in [0.25, 0.3) is 0 Å². The largest absolute Gasteiger partial charge is 0.416 e. The first kappa shape index (κ1) is 15.0. The Labute approximate surface area is 106 Å². The Hall–Kier alpha value is -1.07. The molecule has 2 nitrogen and oxygen atoms in total. The van der Waals surface area contributed by atoms with Crippen LogP contribution in [-0.4, -0.2) is 24.5 Å². The Morgan fingerprint density at radius 1 is 1.17 bits per heavy atom. The maximum Gasteiger partial charge on any atom is 0.416 e. The number of nitrogens with two attached hydrogens (primary N) is 1. The summed E-state index contributed by atoms with van der Waals surface area (Å²) in [4.78, 5) is 2.01. The minimum Gasteiger partial charge on any atom is -0.323 e. The molecule has 1 unspecified atom stereocenters. The number of hydrogen-bond donors (Lipinski definition) is 1. The normalized spacial score (nSPS) is 13.9. The van der Waals surface area contributed by atoms with E-state index in [1.165, 1.54) is 12.1 Å². The molecular formula is C13H19F3N2. The molecule has 0 spiro atoms. The number of alkyl halides is 3. The molecule has 0 aliphatic rings. The molecule has 0 saturated carbocycles. The molecule has 1 rings (SSSR count). The number of benzene rings is 1. The first-order valence-corrected chi connectivity index (χ1v) is 6.04. The molecule has 1 aromatic carbocycles. The molecule has 0 aromatic heterocycles. The van der Waals surface area contributed by atoms with Gasteiger partial charge < -0.3 is 10.6 Å². The maximum absolute atomic E-state index is 12.8. The standard InChI is InChI=1S/C13H19F3N2/c1-3-18(4-2)9-12(17)10-7-5-6-8-11(10)13(14,15)16/h5-8,12H,3-4,9,17H2,1-2H3. The number of hydrogen-bond acceptors (Lipinski definition) is 2. The Kier molecular flexibility index (Phi) is 5.16. The summed E-state index contributed by atoms with van der Waals surface area (Å²) in [6.45, 7) is 5.91. The average molecular weight is 260 g/mol. The summed E-state index contributed by atoms with van der Waals surface area (Å²) in [6.07, 6.45) is -4.35. The van der Waals surface area contributed by atoms with Gasteiger partial charge in [-0.15, -0.1) is 0 Å². The molecule has 0 amide bonds. The van der Waals surface area contributed by atoms with Crippen LogP contribution in [0.3, 0.4) is 0 Å². The van der Waals surface area contributed by atoms with Crippen molar-refractivity contribution in [3.63, 3.8) is 0 Å². The van der Waals surface area contributed by atoms with Crippen molar-refractivity contribution in [3.8, 4) is 0 Å². The molecular weight excluding hydrogens is 241 g/mol. The molecule has 18 heavy (non-hydrogen) atoms. The first-order chi connectivity index (χ1) is 8.40. The number of rotatable bonds is 5. The van der Waals surface area contributed by atoms with E-state index < -0.39 is 17.8 Å². The second-order valence-corrected chi connectivity index (χ2v) is 4.18. The van der Waals surface area contributed by atoms with Crippen LogP contribution >= 0.6 is 0 Å². The third kappa shape index (κ3) is 3.71. The summed E-state index contributed by atoms with van der Waals surface area (Å²) in [5, 5.41) is 0. The SMILES string of the molecule is CCN(CC)CC(N)c1ccccc1C(F)(F)F. The summed E-state index contributed by atoms with van der Waals surface area (Å²) in [5.41, 5.74) is 5.43. The lowest BCUT2D eigenvalue weighted by Crippen LogP contribution is -2.33. The summed E-state index contributed by atoms with van der Waals surface area (Å²) in [5.74, 6) is 0. The van der Waals surface area contributed by atoms with E-state index in [-0.39, 0.29) is 5.56 Å². The molecule has 0 heterocycles. The third-order valence-corrected chi connectivity index (χ3v) is 3.01. The zero-order valence-corrected chi connectivity index (χ0v) is 10.7. The fourth-order valence-electron chi connectivity index (χ4n) is 1.94. The molecule has 0 radical (unpaired) electrons. The molecule has 0 aliphatic heterocycles. The zero-order chi connectivity index (χ0) is 13.8. The first-order valence-electron chi connectivity index (χ1n) is 6.04. The van der Waals surface area contributed by atoms with Crippen LogP contribution in [-0.2, 0) is 6.18 Å². The summed E-state index contributed by atoms with van der Waals surface area (Å²) < 4.78 is 38.5. The van der Waals surface area contributed by atoms with Crippen LogP contribution in [0.4, 0.5) is 13.2 Å². The predicted octanol–water partition coefficient (Wildman–Crippen LogP) is 3.05. The third-order valence-electron chi connectivity index (χ3n) is 3.01. The van der Waals surface area contributed by atoms with Gasteiger partial charge in [0.15, 0.2) is 0 Å². The average Bonchev–Trinajstić information content (AvgIpc) is 2.34. The van der Waals surface area contributed by atoms with E-state index in [2.05, 4.69) is 0 Å². The zero-order valence-electron chi connectivity index (χ0n) is 10.7. The van der Waals surface area contributed by atoms with Crippen molar-refractivity contribution in [1.82, 2.24) is 4.90 Å². The minimum absolute atomic E-state index is 0.164. The maximum atomic E-state index is 12.8. The van der Waals surface area contributed by atoms with Gasteiger partial charge in [0.2, 0.25) is 0 Å². The van der Waals surface area contributed by atoms with E-state index in [4.69, 9.17) is 5.73 Å². The Morgan fingerprint density at radius 2 is 1.72 bits per heavy atom. The van der Waals surface area contributed by atoms with Crippen molar-refractivity contribution in [2.24, 2.45) is 5.73 Å². The van der Waals surface area contributed by atoms with Crippen LogP contribution in [0.1, 0.15) is 31.0 Å². The fraction of sp³-hybridized carbons (Fsp3) is 0.538. The highest BCUT2D eigenvalue weighted by atomic mass is 19.4. The van der Waals surface area contributed by atoms with E-state index in [9.17, 15) is 13.2 Å². The van der Waals surface area contributed by atoms with Gasteiger partial charge >= 0.3 is 6.18 Å². The van der Waals surface area contributed by atoms with Gasteiger partial charge in [-0.25, -0.2) is 0 Å². The van der Waals surface area contributed by atoms with E-state index in [1.54, 1.807) is 6.07 Å². The van der Waals surface area contributed by atoms with Gasteiger partial charge in [0.05, 0.1) is 5.56 Å². The Bertz CT molecular complexity index is 373. The van der Waals surface area contributed by atoms with Crippen LogP contribution in [0.2, 0.25) is 0 Å². The van der Waals surface area contributed by atoms with Crippen LogP contribution in [0.5, 0.6) is 0 Å². The highest BCUT2D eigenvalue weighted by Gasteiger charge is 2.34. The van der Waals surface area contributed by atoms with Crippen LogP contribution in [0, 0.1) is 0 Å². The van der Waals surface area contributed by atoms with Crippen molar-refractivity contribution in [1.29, 1.82) is 0 Å². The molecule has 0 aliphatic carbocycles. The van der Waals surface area contributed by atoms with E-state index >= 15 is 0 Å². The lowest BCUT2D eigenvalue weighted by Gasteiger charge is -2.24. The summed E-state index contributed by atoms with van der Waals surface area (Å²) in [7, 11) is 0. The van der Waals surface area contributed by atoms with Crippen LogP contribution < -0.4 is 5.73 Å². The van der Waals surface area contributed by atoms with E-state index in [0.29, 0.717) is 6.54 Å². The van der Waals surface area contributed by atoms with Crippen molar-refractivity contribution in [2.45, 2.75) is 26.1 Å². The lowest BCUT2D eigenvalue weighted by molar-refractivity contribution is -0.138.